The number of nitrogens with zero attached hydrogens (tertiary/aromatic N) is 2. The standard InChI is InChI=1S/C12H18ClN3O/c1-9-15-7-11(13)12(16-9)14-5-2-3-10-4-6-17-8-10/h7,10H,2-6,8H2,1H3,(H,14,15,16). The van der Waals surface area contributed by atoms with E-state index in [9.17, 15) is 0 Å². The summed E-state index contributed by atoms with van der Waals surface area (Å²) < 4.78 is 5.35. The third-order valence-corrected chi connectivity index (χ3v) is 3.25. The van der Waals surface area contributed by atoms with Gasteiger partial charge in [-0.15, -0.1) is 0 Å². The molecule has 0 bridgehead atoms. The zero-order valence-corrected chi connectivity index (χ0v) is 10.8. The van der Waals surface area contributed by atoms with Crippen LogP contribution in [0.5, 0.6) is 0 Å². The second kappa shape index (κ2) is 6.17. The average molecular weight is 256 g/mol. The zero-order valence-electron chi connectivity index (χ0n) is 10.1. The fourth-order valence-corrected chi connectivity index (χ4v) is 2.15. The Bertz CT molecular complexity index is 367. The van der Waals surface area contributed by atoms with Gasteiger partial charge in [-0.3, -0.25) is 0 Å². The van der Waals surface area contributed by atoms with Crippen molar-refractivity contribution in [1.82, 2.24) is 9.97 Å². The summed E-state index contributed by atoms with van der Waals surface area (Å²) in [4.78, 5) is 8.29. The van der Waals surface area contributed by atoms with Crippen LogP contribution in [0.3, 0.4) is 0 Å². The summed E-state index contributed by atoms with van der Waals surface area (Å²) in [7, 11) is 0. The molecule has 17 heavy (non-hydrogen) atoms. The summed E-state index contributed by atoms with van der Waals surface area (Å²) in [6.45, 7) is 4.60. The molecule has 1 aromatic heterocycles. The SMILES string of the molecule is Cc1ncc(Cl)c(NCCCC2CCOC2)n1. The van der Waals surface area contributed by atoms with Crippen molar-refractivity contribution >= 4 is 17.4 Å². The number of halogens is 1. The van der Waals surface area contributed by atoms with Crippen molar-refractivity contribution in [2.24, 2.45) is 5.92 Å². The minimum absolute atomic E-state index is 0.583. The second-order valence-electron chi connectivity index (χ2n) is 4.41. The van der Waals surface area contributed by atoms with Gasteiger partial charge in [0.1, 0.15) is 16.7 Å². The summed E-state index contributed by atoms with van der Waals surface area (Å²) >= 11 is 5.99. The van der Waals surface area contributed by atoms with E-state index in [0.29, 0.717) is 5.02 Å². The van der Waals surface area contributed by atoms with Crippen LogP contribution in [-0.2, 0) is 4.74 Å². The summed E-state index contributed by atoms with van der Waals surface area (Å²) in [5.74, 6) is 2.21. The highest BCUT2D eigenvalue weighted by Crippen LogP contribution is 2.20. The molecule has 1 fully saturated rings. The Hall–Kier alpha value is -0.870. The molecule has 1 N–H and O–H groups in total. The van der Waals surface area contributed by atoms with Gasteiger partial charge in [-0.05, 0) is 32.1 Å². The van der Waals surface area contributed by atoms with E-state index in [4.69, 9.17) is 16.3 Å². The summed E-state index contributed by atoms with van der Waals surface area (Å²) in [5.41, 5.74) is 0. The van der Waals surface area contributed by atoms with Crippen LogP contribution in [0.1, 0.15) is 25.1 Å². The molecule has 0 aromatic carbocycles. The monoisotopic (exact) mass is 255 g/mol. The molecule has 1 saturated heterocycles. The van der Waals surface area contributed by atoms with Gasteiger partial charge in [0.25, 0.3) is 0 Å². The van der Waals surface area contributed by atoms with E-state index >= 15 is 0 Å². The van der Waals surface area contributed by atoms with Crippen LogP contribution >= 0.6 is 11.6 Å². The van der Waals surface area contributed by atoms with E-state index in [1.165, 1.54) is 12.8 Å². The summed E-state index contributed by atoms with van der Waals surface area (Å²) in [6, 6.07) is 0. The maximum absolute atomic E-state index is 5.99. The Labute approximate surface area is 107 Å². The maximum atomic E-state index is 5.99. The number of ether oxygens (including phenoxy) is 1. The third kappa shape index (κ3) is 3.82. The highest BCUT2D eigenvalue weighted by atomic mass is 35.5. The zero-order chi connectivity index (χ0) is 12.1. The first-order valence-corrected chi connectivity index (χ1v) is 6.44. The van der Waals surface area contributed by atoms with Crippen molar-refractivity contribution in [3.8, 4) is 0 Å². The predicted octanol–water partition coefficient (Wildman–Crippen LogP) is 2.67. The third-order valence-electron chi connectivity index (χ3n) is 2.97. The molecular formula is C12H18ClN3O. The van der Waals surface area contributed by atoms with Crippen LogP contribution in [0.25, 0.3) is 0 Å². The van der Waals surface area contributed by atoms with Crippen LogP contribution in [-0.4, -0.2) is 29.7 Å². The van der Waals surface area contributed by atoms with Crippen LogP contribution in [0, 0.1) is 12.8 Å². The molecule has 2 rings (SSSR count). The number of anilines is 1. The molecule has 0 radical (unpaired) electrons. The van der Waals surface area contributed by atoms with E-state index in [1.54, 1.807) is 6.20 Å². The molecule has 1 aromatic rings. The van der Waals surface area contributed by atoms with Gasteiger partial charge in [0, 0.05) is 19.8 Å². The van der Waals surface area contributed by atoms with Crippen LogP contribution in [0.2, 0.25) is 5.02 Å². The van der Waals surface area contributed by atoms with Crippen molar-refractivity contribution in [3.05, 3.63) is 17.0 Å². The lowest BCUT2D eigenvalue weighted by atomic mass is 10.0. The molecule has 0 amide bonds. The Morgan fingerprint density at radius 2 is 2.47 bits per heavy atom. The number of hydrogen-bond donors (Lipinski definition) is 1. The molecular weight excluding hydrogens is 238 g/mol. The van der Waals surface area contributed by atoms with Crippen molar-refractivity contribution in [3.63, 3.8) is 0 Å². The van der Waals surface area contributed by atoms with Crippen molar-refractivity contribution < 1.29 is 4.74 Å². The lowest BCUT2D eigenvalue weighted by Gasteiger charge is -2.09. The molecule has 0 saturated carbocycles. The van der Waals surface area contributed by atoms with Crippen molar-refractivity contribution in [2.75, 3.05) is 25.1 Å². The lowest BCUT2D eigenvalue weighted by Crippen LogP contribution is -2.08. The van der Waals surface area contributed by atoms with E-state index in [2.05, 4.69) is 15.3 Å². The maximum Gasteiger partial charge on any atom is 0.148 e. The number of aryl methyl sites for hydroxylation is 1. The van der Waals surface area contributed by atoms with Gasteiger partial charge in [0.05, 0.1) is 6.20 Å². The normalized spacial score (nSPS) is 19.5. The molecule has 5 heteroatoms. The predicted molar refractivity (Wildman–Crippen MR) is 68.4 cm³/mol. The molecule has 2 heterocycles. The number of aromatic nitrogens is 2. The molecule has 1 aliphatic rings. The molecule has 94 valence electrons. The largest absolute Gasteiger partial charge is 0.381 e. The van der Waals surface area contributed by atoms with Gasteiger partial charge in [0.15, 0.2) is 0 Å². The van der Waals surface area contributed by atoms with Gasteiger partial charge in [-0.25, -0.2) is 9.97 Å². The molecule has 1 unspecified atom stereocenters. The number of hydrogen-bond acceptors (Lipinski definition) is 4. The topological polar surface area (TPSA) is 47.0 Å². The highest BCUT2D eigenvalue weighted by molar-refractivity contribution is 6.32. The second-order valence-corrected chi connectivity index (χ2v) is 4.82. The molecule has 4 nitrogen and oxygen atoms in total. The Morgan fingerprint density at radius 1 is 1.59 bits per heavy atom. The summed E-state index contributed by atoms with van der Waals surface area (Å²) in [5, 5.41) is 3.84. The minimum atomic E-state index is 0.583. The molecule has 1 atom stereocenters. The molecule has 0 aliphatic carbocycles. The molecule has 1 aliphatic heterocycles. The first-order chi connectivity index (χ1) is 8.25. The van der Waals surface area contributed by atoms with Gasteiger partial charge in [-0.2, -0.15) is 0 Å². The first kappa shape index (κ1) is 12.6. The van der Waals surface area contributed by atoms with Gasteiger partial charge < -0.3 is 10.1 Å². The number of rotatable bonds is 5. The van der Waals surface area contributed by atoms with Crippen molar-refractivity contribution in [1.29, 1.82) is 0 Å². The Morgan fingerprint density at radius 3 is 3.24 bits per heavy atom. The van der Waals surface area contributed by atoms with Crippen LogP contribution in [0.15, 0.2) is 6.20 Å². The number of nitrogens with one attached hydrogen (secondary N) is 1. The minimum Gasteiger partial charge on any atom is -0.381 e. The lowest BCUT2D eigenvalue weighted by molar-refractivity contribution is 0.184. The summed E-state index contributed by atoms with van der Waals surface area (Å²) in [6.07, 6.45) is 5.16. The van der Waals surface area contributed by atoms with E-state index in [0.717, 1.165) is 43.7 Å². The highest BCUT2D eigenvalue weighted by Gasteiger charge is 2.14. The molecule has 0 spiro atoms. The van der Waals surface area contributed by atoms with Crippen molar-refractivity contribution in [2.45, 2.75) is 26.2 Å². The fraction of sp³-hybridized carbons (Fsp3) is 0.667. The quantitative estimate of drug-likeness (QED) is 0.822. The Balaban J connectivity index is 1.72. The van der Waals surface area contributed by atoms with E-state index in [-0.39, 0.29) is 0 Å². The van der Waals surface area contributed by atoms with Crippen LogP contribution < -0.4 is 5.32 Å². The van der Waals surface area contributed by atoms with Gasteiger partial charge in [0.2, 0.25) is 0 Å². The van der Waals surface area contributed by atoms with Crippen LogP contribution in [0.4, 0.5) is 5.82 Å². The average Bonchev–Trinajstić information content (AvgIpc) is 2.82. The first-order valence-electron chi connectivity index (χ1n) is 6.06. The van der Waals surface area contributed by atoms with Gasteiger partial charge in [-0.1, -0.05) is 11.6 Å². The Kier molecular flexibility index (Phi) is 4.57. The van der Waals surface area contributed by atoms with Gasteiger partial charge >= 0.3 is 0 Å². The van der Waals surface area contributed by atoms with E-state index in [1.807, 2.05) is 6.92 Å². The smallest absolute Gasteiger partial charge is 0.148 e. The fourth-order valence-electron chi connectivity index (χ4n) is 1.99. The van der Waals surface area contributed by atoms with E-state index < -0.39 is 0 Å².